The van der Waals surface area contributed by atoms with Gasteiger partial charge < -0.3 is 19.1 Å². The highest BCUT2D eigenvalue weighted by molar-refractivity contribution is 6.10. The smallest absolute Gasteiger partial charge is 0.416 e. The van der Waals surface area contributed by atoms with Gasteiger partial charge in [-0.25, -0.2) is 0 Å². The Kier molecular flexibility index (Phi) is 12.0. The second-order valence-electron chi connectivity index (χ2n) is 10.9. The fourth-order valence-electron chi connectivity index (χ4n) is 5.30. The zero-order chi connectivity index (χ0) is 35.6. The molecular formula is C38H36F3NO7. The monoisotopic (exact) mass is 675 g/mol. The van der Waals surface area contributed by atoms with E-state index in [0.29, 0.717) is 27.9 Å². The fraction of sp³-hybridized carbons (Fsp3) is 0.263. The molecule has 11 heteroatoms. The van der Waals surface area contributed by atoms with Crippen LogP contribution in [-0.4, -0.2) is 50.2 Å². The van der Waals surface area contributed by atoms with Gasteiger partial charge in [-0.1, -0.05) is 72.8 Å². The van der Waals surface area contributed by atoms with Crippen molar-refractivity contribution < 1.29 is 46.6 Å². The van der Waals surface area contributed by atoms with E-state index in [2.05, 4.69) is 0 Å². The second kappa shape index (κ2) is 16.1. The summed E-state index contributed by atoms with van der Waals surface area (Å²) in [6, 6.07) is 26.0. The maximum Gasteiger partial charge on any atom is 0.416 e. The van der Waals surface area contributed by atoms with Crippen LogP contribution in [0.5, 0.6) is 0 Å². The van der Waals surface area contributed by atoms with Crippen LogP contribution >= 0.6 is 0 Å². The van der Waals surface area contributed by atoms with Gasteiger partial charge in [0.25, 0.3) is 5.91 Å². The van der Waals surface area contributed by atoms with Crippen molar-refractivity contribution in [3.8, 4) is 11.1 Å². The molecule has 0 radical (unpaired) electrons. The first-order valence-electron chi connectivity index (χ1n) is 15.7. The number of carbonyl (C=O) groups excluding carboxylic acids is 4. The zero-order valence-corrected chi connectivity index (χ0v) is 27.3. The molecule has 0 aliphatic heterocycles. The van der Waals surface area contributed by atoms with Crippen molar-refractivity contribution in [1.82, 2.24) is 0 Å². The van der Waals surface area contributed by atoms with E-state index < -0.39 is 41.7 Å². The van der Waals surface area contributed by atoms with Crippen molar-refractivity contribution in [2.45, 2.75) is 38.8 Å². The van der Waals surface area contributed by atoms with Gasteiger partial charge >= 0.3 is 24.1 Å². The lowest BCUT2D eigenvalue weighted by Crippen LogP contribution is -2.50. The summed E-state index contributed by atoms with van der Waals surface area (Å²) in [5.74, 6) is -2.88. The number of hydrogen-bond acceptors (Lipinski definition) is 7. The zero-order valence-electron chi connectivity index (χ0n) is 27.3. The summed E-state index contributed by atoms with van der Waals surface area (Å²) in [6.07, 6.45) is -4.68. The van der Waals surface area contributed by atoms with Crippen LogP contribution in [0.2, 0.25) is 0 Å². The fourth-order valence-corrected chi connectivity index (χ4v) is 5.30. The van der Waals surface area contributed by atoms with Crippen LogP contribution in [0.4, 0.5) is 18.9 Å². The van der Waals surface area contributed by atoms with Crippen LogP contribution in [0.3, 0.4) is 0 Å². The number of carbonyl (C=O) groups is 4. The number of ether oxygens (including phenoxy) is 3. The Balaban J connectivity index is 1.51. The molecule has 0 saturated carbocycles. The molecule has 0 aliphatic rings. The Morgan fingerprint density at radius 3 is 1.78 bits per heavy atom. The largest absolute Gasteiger partial charge is 0.465 e. The van der Waals surface area contributed by atoms with E-state index in [4.69, 9.17) is 14.2 Å². The minimum Gasteiger partial charge on any atom is -0.465 e. The molecule has 0 unspecified atom stereocenters. The van der Waals surface area contributed by atoms with Crippen molar-refractivity contribution in [1.29, 1.82) is 0 Å². The van der Waals surface area contributed by atoms with Gasteiger partial charge in [-0.2, -0.15) is 13.2 Å². The van der Waals surface area contributed by atoms with Crippen LogP contribution in [0.1, 0.15) is 47.8 Å². The van der Waals surface area contributed by atoms with Gasteiger partial charge in [0.1, 0.15) is 6.61 Å². The second-order valence-corrected chi connectivity index (χ2v) is 10.9. The number of nitrogens with zero attached hydrogens (tertiary/aromatic N) is 1. The molecule has 0 bridgehead atoms. The number of hydrogen-bond donors (Lipinski definition) is 0. The number of alkyl halides is 3. The highest BCUT2D eigenvalue weighted by Gasteiger charge is 2.52. The Morgan fingerprint density at radius 2 is 1.22 bits per heavy atom. The first kappa shape index (κ1) is 36.4. The Bertz CT molecular complexity index is 1740. The highest BCUT2D eigenvalue weighted by atomic mass is 19.4. The first-order valence-corrected chi connectivity index (χ1v) is 15.7. The summed E-state index contributed by atoms with van der Waals surface area (Å²) in [5.41, 5.74) is -0.228. The molecule has 0 heterocycles. The van der Waals surface area contributed by atoms with Crippen molar-refractivity contribution >= 4 is 29.5 Å². The molecule has 1 amide bonds. The topological polar surface area (TPSA) is 99.2 Å². The van der Waals surface area contributed by atoms with E-state index in [1.165, 1.54) is 17.0 Å². The van der Waals surface area contributed by atoms with E-state index in [9.17, 15) is 32.3 Å². The highest BCUT2D eigenvalue weighted by Crippen LogP contribution is 2.33. The third kappa shape index (κ3) is 8.35. The molecule has 49 heavy (non-hydrogen) atoms. The standard InChI is InChI=1S/C38H36F3NO7/c1-4-42(34(44)32-15-11-10-14-31(32)27-18-20-29(21-19-27)38(39,40)41)30-22-16-26(17-23-30)24-33(43)49-25-37(35(45)47-5-2,36(46)48-6-3)28-12-8-7-9-13-28/h7-23H,4-6,24-25H2,1-3H3. The maximum absolute atomic E-state index is 13.8. The van der Waals surface area contributed by atoms with E-state index in [1.807, 2.05) is 0 Å². The van der Waals surface area contributed by atoms with Crippen LogP contribution < -0.4 is 4.90 Å². The molecule has 8 nitrogen and oxygen atoms in total. The van der Waals surface area contributed by atoms with E-state index in [1.54, 1.807) is 99.6 Å². The quantitative estimate of drug-likeness (QED) is 0.0841. The lowest BCUT2D eigenvalue weighted by atomic mass is 9.81. The number of benzene rings is 4. The molecule has 4 aromatic carbocycles. The third-order valence-electron chi connectivity index (χ3n) is 7.80. The predicted octanol–water partition coefficient (Wildman–Crippen LogP) is 7.19. The number of halogens is 3. The van der Waals surface area contributed by atoms with Gasteiger partial charge in [-0.15, -0.1) is 0 Å². The van der Waals surface area contributed by atoms with Gasteiger partial charge in [-0.3, -0.25) is 19.2 Å². The first-order chi connectivity index (χ1) is 23.5. The maximum atomic E-state index is 13.8. The molecule has 0 aromatic heterocycles. The molecule has 0 saturated heterocycles. The lowest BCUT2D eigenvalue weighted by Gasteiger charge is -2.29. The van der Waals surface area contributed by atoms with Gasteiger partial charge in [0.05, 0.1) is 25.2 Å². The van der Waals surface area contributed by atoms with Crippen LogP contribution in [0.15, 0.2) is 103 Å². The average Bonchev–Trinajstić information content (AvgIpc) is 3.10. The Hall–Kier alpha value is -5.45. The molecule has 0 aliphatic carbocycles. The number of anilines is 1. The number of esters is 3. The molecule has 0 N–H and O–H groups in total. The van der Waals surface area contributed by atoms with Crippen molar-refractivity contribution in [2.24, 2.45) is 0 Å². The van der Waals surface area contributed by atoms with E-state index >= 15 is 0 Å². The van der Waals surface area contributed by atoms with E-state index in [0.717, 1.165) is 12.1 Å². The minimum atomic E-state index is -4.48. The predicted molar refractivity (Wildman–Crippen MR) is 177 cm³/mol. The molecular weight excluding hydrogens is 639 g/mol. The summed E-state index contributed by atoms with van der Waals surface area (Å²) in [7, 11) is 0. The summed E-state index contributed by atoms with van der Waals surface area (Å²) in [5, 5.41) is 0. The van der Waals surface area contributed by atoms with Crippen LogP contribution in [-0.2, 0) is 46.6 Å². The van der Waals surface area contributed by atoms with Crippen LogP contribution in [0, 0.1) is 0 Å². The van der Waals surface area contributed by atoms with Gasteiger partial charge in [0.2, 0.25) is 5.41 Å². The number of rotatable bonds is 13. The number of amides is 1. The normalized spacial score (nSPS) is 11.4. The molecule has 0 atom stereocenters. The van der Waals surface area contributed by atoms with Crippen molar-refractivity contribution in [3.63, 3.8) is 0 Å². The summed E-state index contributed by atoms with van der Waals surface area (Å²) >= 11 is 0. The van der Waals surface area contributed by atoms with Gasteiger partial charge in [0.15, 0.2) is 0 Å². The van der Waals surface area contributed by atoms with Gasteiger partial charge in [0, 0.05) is 17.8 Å². The van der Waals surface area contributed by atoms with Crippen LogP contribution in [0.25, 0.3) is 11.1 Å². The van der Waals surface area contributed by atoms with Gasteiger partial charge in [-0.05, 0) is 73.4 Å². The lowest BCUT2D eigenvalue weighted by molar-refractivity contribution is -0.170. The summed E-state index contributed by atoms with van der Waals surface area (Å²) < 4.78 is 55.3. The molecule has 0 spiro atoms. The van der Waals surface area contributed by atoms with Crippen molar-refractivity contribution in [3.05, 3.63) is 125 Å². The summed E-state index contributed by atoms with van der Waals surface area (Å²) in [4.78, 5) is 54.7. The Morgan fingerprint density at radius 1 is 0.653 bits per heavy atom. The Labute approximate surface area is 282 Å². The van der Waals surface area contributed by atoms with E-state index in [-0.39, 0.29) is 37.6 Å². The van der Waals surface area contributed by atoms with Crippen molar-refractivity contribution in [2.75, 3.05) is 31.3 Å². The molecule has 4 rings (SSSR count). The molecule has 4 aromatic rings. The molecule has 0 fully saturated rings. The minimum absolute atomic E-state index is 0.00889. The average molecular weight is 676 g/mol. The third-order valence-corrected chi connectivity index (χ3v) is 7.80. The molecule has 256 valence electrons. The SMILES string of the molecule is CCOC(=O)C(COC(=O)Cc1ccc(N(CC)C(=O)c2ccccc2-c2ccc(C(F)(F)F)cc2)cc1)(C(=O)OCC)c1ccccc1. The summed E-state index contributed by atoms with van der Waals surface area (Å²) in [6.45, 7) is 4.61.